The van der Waals surface area contributed by atoms with Crippen LogP contribution in [0.25, 0.3) is 0 Å². The Labute approximate surface area is 143 Å². The van der Waals surface area contributed by atoms with Crippen LogP contribution >= 0.6 is 15.9 Å². The molecule has 1 saturated carbocycles. The molecule has 0 bridgehead atoms. The summed E-state index contributed by atoms with van der Waals surface area (Å²) < 4.78 is 6.02. The molecule has 3 rings (SSSR count). The fraction of sp³-hybridized carbons (Fsp3) is 0.222. The number of rotatable bonds is 4. The minimum atomic E-state index is -0.505. The molecule has 5 heteroatoms. The van der Waals surface area contributed by atoms with Gasteiger partial charge in [-0.1, -0.05) is 52.3 Å². The highest BCUT2D eigenvalue weighted by Crippen LogP contribution is 2.50. The lowest BCUT2D eigenvalue weighted by molar-refractivity contribution is 0.155. The minimum absolute atomic E-state index is 0.226. The van der Waals surface area contributed by atoms with E-state index in [0.717, 1.165) is 28.4 Å². The molecule has 0 aliphatic heterocycles. The number of amides is 1. The number of halogens is 1. The summed E-state index contributed by atoms with van der Waals surface area (Å²) in [6, 6.07) is 17.3. The third-order valence-electron chi connectivity index (χ3n) is 3.91. The molecule has 23 heavy (non-hydrogen) atoms. The predicted molar refractivity (Wildman–Crippen MR) is 90.9 cm³/mol. The molecule has 1 fully saturated rings. The first kappa shape index (κ1) is 15.6. The van der Waals surface area contributed by atoms with E-state index in [1.165, 1.54) is 0 Å². The van der Waals surface area contributed by atoms with Gasteiger partial charge in [-0.25, -0.2) is 4.79 Å². The molecular weight excluding hydrogens is 356 g/mol. The lowest BCUT2D eigenvalue weighted by Gasteiger charge is -2.12. The Morgan fingerprint density at radius 2 is 2.00 bits per heavy atom. The zero-order valence-electron chi connectivity index (χ0n) is 12.4. The van der Waals surface area contributed by atoms with Crippen molar-refractivity contribution in [2.24, 2.45) is 0 Å². The number of hydrogen-bond donors (Lipinski definition) is 1. The van der Waals surface area contributed by atoms with Crippen molar-refractivity contribution >= 4 is 27.7 Å². The van der Waals surface area contributed by atoms with Crippen molar-refractivity contribution in [3.8, 4) is 6.07 Å². The Morgan fingerprint density at radius 1 is 1.26 bits per heavy atom. The number of anilines is 1. The number of benzene rings is 2. The molecule has 2 aromatic rings. The number of carbonyl (C=O) groups excluding carboxylic acids is 1. The molecule has 1 aliphatic rings. The van der Waals surface area contributed by atoms with Crippen LogP contribution in [-0.2, 0) is 16.8 Å². The zero-order valence-corrected chi connectivity index (χ0v) is 14.0. The lowest BCUT2D eigenvalue weighted by atomic mass is 9.97. The van der Waals surface area contributed by atoms with E-state index in [2.05, 4.69) is 27.3 Å². The van der Waals surface area contributed by atoms with Crippen molar-refractivity contribution in [3.63, 3.8) is 0 Å². The molecule has 116 valence electrons. The van der Waals surface area contributed by atoms with Crippen LogP contribution in [0.2, 0.25) is 0 Å². The molecule has 0 spiro atoms. The first-order chi connectivity index (χ1) is 11.1. The summed E-state index contributed by atoms with van der Waals surface area (Å²) in [5.74, 6) is 0. The van der Waals surface area contributed by atoms with Gasteiger partial charge in [-0.05, 0) is 36.1 Å². The van der Waals surface area contributed by atoms with E-state index in [1.54, 1.807) is 12.1 Å². The van der Waals surface area contributed by atoms with Gasteiger partial charge in [0.05, 0.1) is 11.5 Å². The second kappa shape index (κ2) is 6.43. The van der Waals surface area contributed by atoms with Crippen molar-refractivity contribution < 1.29 is 9.53 Å². The maximum Gasteiger partial charge on any atom is 0.411 e. The van der Waals surface area contributed by atoms with Crippen molar-refractivity contribution in [1.82, 2.24) is 0 Å². The molecule has 1 N–H and O–H groups in total. The minimum Gasteiger partial charge on any atom is -0.444 e. The topological polar surface area (TPSA) is 62.1 Å². The molecule has 0 atom stereocenters. The summed E-state index contributed by atoms with van der Waals surface area (Å²) in [6.45, 7) is 0.226. The van der Waals surface area contributed by atoms with Crippen LogP contribution in [0.4, 0.5) is 10.5 Å². The number of ether oxygens (including phenoxy) is 1. The number of carbonyl (C=O) groups is 1. The molecule has 0 radical (unpaired) electrons. The Morgan fingerprint density at radius 3 is 2.61 bits per heavy atom. The molecule has 4 nitrogen and oxygen atoms in total. The van der Waals surface area contributed by atoms with E-state index in [0.29, 0.717) is 5.69 Å². The van der Waals surface area contributed by atoms with E-state index in [9.17, 15) is 10.1 Å². The van der Waals surface area contributed by atoms with Crippen LogP contribution in [0.1, 0.15) is 24.0 Å². The molecule has 2 aromatic carbocycles. The van der Waals surface area contributed by atoms with E-state index in [4.69, 9.17) is 4.74 Å². The molecular formula is C18H15BrN2O2. The maximum atomic E-state index is 11.8. The average molecular weight is 371 g/mol. The Kier molecular flexibility index (Phi) is 4.35. The monoisotopic (exact) mass is 370 g/mol. The SMILES string of the molecule is N#CC1(c2ccc(NC(=O)OCc3ccccc3)cc2Br)CC1. The highest BCUT2D eigenvalue weighted by atomic mass is 79.9. The van der Waals surface area contributed by atoms with Crippen LogP contribution in [0.3, 0.4) is 0 Å². The van der Waals surface area contributed by atoms with Crippen molar-refractivity contribution in [2.45, 2.75) is 24.9 Å². The predicted octanol–water partition coefficient (Wildman–Crippen LogP) is 4.75. The normalized spacial score (nSPS) is 14.6. The molecule has 0 unspecified atom stereocenters. The molecule has 1 aliphatic carbocycles. The van der Waals surface area contributed by atoms with E-state index in [-0.39, 0.29) is 12.0 Å². The quantitative estimate of drug-likeness (QED) is 0.844. The first-order valence-corrected chi connectivity index (χ1v) is 8.11. The summed E-state index contributed by atoms with van der Waals surface area (Å²) in [4.78, 5) is 11.8. The fourth-order valence-corrected chi connectivity index (χ4v) is 3.18. The highest BCUT2D eigenvalue weighted by molar-refractivity contribution is 9.10. The third kappa shape index (κ3) is 3.54. The Bertz CT molecular complexity index is 764. The molecule has 0 aromatic heterocycles. The van der Waals surface area contributed by atoms with Crippen LogP contribution in [0.5, 0.6) is 0 Å². The van der Waals surface area contributed by atoms with Gasteiger partial charge in [0.25, 0.3) is 0 Å². The number of nitriles is 1. The van der Waals surface area contributed by atoms with Crippen LogP contribution in [0, 0.1) is 11.3 Å². The van der Waals surface area contributed by atoms with Crippen molar-refractivity contribution in [1.29, 1.82) is 5.26 Å². The average Bonchev–Trinajstić information content (AvgIpc) is 3.35. The van der Waals surface area contributed by atoms with E-state index in [1.807, 2.05) is 36.4 Å². The van der Waals surface area contributed by atoms with E-state index >= 15 is 0 Å². The number of nitrogens with zero attached hydrogens (tertiary/aromatic N) is 1. The number of hydrogen-bond acceptors (Lipinski definition) is 3. The van der Waals surface area contributed by atoms with Gasteiger partial charge in [-0.15, -0.1) is 0 Å². The van der Waals surface area contributed by atoms with Gasteiger partial charge in [0.15, 0.2) is 0 Å². The van der Waals surface area contributed by atoms with Crippen LogP contribution < -0.4 is 5.32 Å². The van der Waals surface area contributed by atoms with Gasteiger partial charge in [-0.3, -0.25) is 5.32 Å². The van der Waals surface area contributed by atoms with Crippen LogP contribution in [-0.4, -0.2) is 6.09 Å². The third-order valence-corrected chi connectivity index (χ3v) is 4.56. The fourth-order valence-electron chi connectivity index (χ4n) is 2.42. The summed E-state index contributed by atoms with van der Waals surface area (Å²) in [6.07, 6.45) is 1.26. The maximum absolute atomic E-state index is 11.8. The highest BCUT2D eigenvalue weighted by Gasteiger charge is 2.46. The van der Waals surface area contributed by atoms with Crippen molar-refractivity contribution in [3.05, 3.63) is 64.1 Å². The summed E-state index contributed by atoms with van der Waals surface area (Å²) >= 11 is 3.49. The van der Waals surface area contributed by atoms with E-state index < -0.39 is 6.09 Å². The van der Waals surface area contributed by atoms with Gasteiger partial charge in [0.1, 0.15) is 6.61 Å². The molecule has 1 amide bonds. The summed E-state index contributed by atoms with van der Waals surface area (Å²) in [5.41, 5.74) is 2.19. The summed E-state index contributed by atoms with van der Waals surface area (Å²) in [7, 11) is 0. The van der Waals surface area contributed by atoms with Crippen molar-refractivity contribution in [2.75, 3.05) is 5.32 Å². The first-order valence-electron chi connectivity index (χ1n) is 7.32. The lowest BCUT2D eigenvalue weighted by Crippen LogP contribution is -2.14. The smallest absolute Gasteiger partial charge is 0.411 e. The van der Waals surface area contributed by atoms with Gasteiger partial charge < -0.3 is 4.74 Å². The summed E-state index contributed by atoms with van der Waals surface area (Å²) in [5, 5.41) is 12.0. The number of nitrogens with one attached hydrogen (secondary N) is 1. The molecule has 0 saturated heterocycles. The standard InChI is InChI=1S/C18H15BrN2O2/c19-16-10-14(6-7-15(16)18(12-20)8-9-18)21-17(22)23-11-13-4-2-1-3-5-13/h1-7,10H,8-9,11H2,(H,21,22). The Hall–Kier alpha value is -2.32. The van der Waals surface area contributed by atoms with Gasteiger partial charge >= 0.3 is 6.09 Å². The zero-order chi connectivity index (χ0) is 16.3. The van der Waals surface area contributed by atoms with Gasteiger partial charge in [0, 0.05) is 10.2 Å². The second-order valence-corrected chi connectivity index (χ2v) is 6.43. The largest absolute Gasteiger partial charge is 0.444 e. The molecule has 0 heterocycles. The van der Waals surface area contributed by atoms with Gasteiger partial charge in [0.2, 0.25) is 0 Å². The second-order valence-electron chi connectivity index (χ2n) is 5.58. The Balaban J connectivity index is 1.61. The van der Waals surface area contributed by atoms with Gasteiger partial charge in [-0.2, -0.15) is 5.26 Å². The van der Waals surface area contributed by atoms with Crippen LogP contribution in [0.15, 0.2) is 53.0 Å².